The maximum Gasteiger partial charge on any atom is 0.225 e. The van der Waals surface area contributed by atoms with Crippen molar-refractivity contribution in [3.63, 3.8) is 0 Å². The van der Waals surface area contributed by atoms with E-state index in [1.165, 1.54) is 0 Å². The first-order chi connectivity index (χ1) is 17.5. The number of fused-ring (bicyclic) bond motifs is 1. The Morgan fingerprint density at radius 2 is 1.56 bits per heavy atom. The predicted octanol–water partition coefficient (Wildman–Crippen LogP) is 4.05. The summed E-state index contributed by atoms with van der Waals surface area (Å²) >= 11 is 0. The Hall–Kier alpha value is -3.81. The van der Waals surface area contributed by atoms with Crippen LogP contribution >= 0.6 is 0 Å². The predicted molar refractivity (Wildman–Crippen MR) is 139 cm³/mol. The maximum absolute atomic E-state index is 13.2. The topological polar surface area (TPSA) is 77.0 Å². The summed E-state index contributed by atoms with van der Waals surface area (Å²) < 4.78 is 16.3. The zero-order chi connectivity index (χ0) is 25.2. The molecule has 1 aromatic heterocycles. The van der Waals surface area contributed by atoms with Crippen LogP contribution in [0.15, 0.2) is 42.5 Å². The number of rotatable bonds is 6. The highest BCUT2D eigenvalue weighted by molar-refractivity contribution is 5.99. The molecule has 36 heavy (non-hydrogen) atoms. The molecule has 0 amide bonds. The summed E-state index contributed by atoms with van der Waals surface area (Å²) in [5.41, 5.74) is 4.42. The van der Waals surface area contributed by atoms with Gasteiger partial charge in [0.15, 0.2) is 5.78 Å². The number of piperazine rings is 1. The van der Waals surface area contributed by atoms with Gasteiger partial charge >= 0.3 is 0 Å². The van der Waals surface area contributed by atoms with Gasteiger partial charge in [-0.15, -0.1) is 0 Å². The standard InChI is InChI=1S/C28H32N4O4/c1-18-27-24(14-19(15-25(27)33)23-9-8-22(35-3)17-26(23)36-4)30-28(29-18)32-12-10-31(11-13-32)20-6-5-7-21(16-20)34-2/h5-9,16-17,19H,10-15H2,1-4H3/t19-/m0/s1. The van der Waals surface area contributed by atoms with Crippen molar-refractivity contribution in [1.82, 2.24) is 9.97 Å². The summed E-state index contributed by atoms with van der Waals surface area (Å²) in [6.07, 6.45) is 1.09. The van der Waals surface area contributed by atoms with Gasteiger partial charge in [-0.2, -0.15) is 0 Å². The van der Waals surface area contributed by atoms with Gasteiger partial charge in [0.1, 0.15) is 17.2 Å². The molecule has 1 fully saturated rings. The Kier molecular flexibility index (Phi) is 6.67. The molecule has 2 aliphatic rings. The van der Waals surface area contributed by atoms with Crippen LogP contribution in [0, 0.1) is 6.92 Å². The molecule has 188 valence electrons. The van der Waals surface area contributed by atoms with Crippen molar-refractivity contribution < 1.29 is 19.0 Å². The lowest BCUT2D eigenvalue weighted by molar-refractivity contribution is 0.0961. The molecule has 0 unspecified atom stereocenters. The van der Waals surface area contributed by atoms with E-state index < -0.39 is 0 Å². The molecule has 1 saturated heterocycles. The Morgan fingerprint density at radius 3 is 2.28 bits per heavy atom. The Morgan fingerprint density at radius 1 is 0.833 bits per heavy atom. The van der Waals surface area contributed by atoms with Crippen molar-refractivity contribution in [2.24, 2.45) is 0 Å². The molecule has 1 aliphatic carbocycles. The van der Waals surface area contributed by atoms with Crippen LogP contribution in [0.2, 0.25) is 0 Å². The van der Waals surface area contributed by atoms with Gasteiger partial charge < -0.3 is 24.0 Å². The molecule has 2 heterocycles. The van der Waals surface area contributed by atoms with E-state index in [1.807, 2.05) is 37.3 Å². The van der Waals surface area contributed by atoms with Crippen LogP contribution in [0.4, 0.5) is 11.6 Å². The average Bonchev–Trinajstić information content (AvgIpc) is 2.92. The molecular weight excluding hydrogens is 456 g/mol. The Bertz CT molecular complexity index is 1270. The highest BCUT2D eigenvalue weighted by Crippen LogP contribution is 2.39. The zero-order valence-corrected chi connectivity index (χ0v) is 21.3. The van der Waals surface area contributed by atoms with Crippen molar-refractivity contribution in [2.45, 2.75) is 25.7 Å². The number of methoxy groups -OCH3 is 3. The van der Waals surface area contributed by atoms with Gasteiger partial charge in [-0.3, -0.25) is 4.79 Å². The second-order valence-corrected chi connectivity index (χ2v) is 9.24. The first kappa shape index (κ1) is 23.9. The number of anilines is 2. The van der Waals surface area contributed by atoms with E-state index in [0.29, 0.717) is 24.4 Å². The number of carbonyl (C=O) groups is 1. The van der Waals surface area contributed by atoms with Crippen molar-refractivity contribution in [2.75, 3.05) is 57.3 Å². The number of benzene rings is 2. The first-order valence-corrected chi connectivity index (χ1v) is 12.3. The number of carbonyl (C=O) groups excluding carboxylic acids is 1. The van der Waals surface area contributed by atoms with E-state index in [4.69, 9.17) is 24.2 Å². The normalized spacial score (nSPS) is 17.6. The number of nitrogens with zero attached hydrogens (tertiary/aromatic N) is 4. The smallest absolute Gasteiger partial charge is 0.225 e. The van der Waals surface area contributed by atoms with E-state index in [1.54, 1.807) is 21.3 Å². The van der Waals surface area contributed by atoms with Crippen molar-refractivity contribution >= 4 is 17.4 Å². The second-order valence-electron chi connectivity index (χ2n) is 9.24. The van der Waals surface area contributed by atoms with Crippen LogP contribution in [-0.4, -0.2) is 63.3 Å². The monoisotopic (exact) mass is 488 g/mol. The molecule has 5 rings (SSSR count). The number of hydrogen-bond acceptors (Lipinski definition) is 8. The minimum atomic E-state index is -0.00193. The summed E-state index contributed by atoms with van der Waals surface area (Å²) in [5, 5.41) is 0. The lowest BCUT2D eigenvalue weighted by atomic mass is 9.81. The molecule has 1 atom stereocenters. The third kappa shape index (κ3) is 4.55. The van der Waals surface area contributed by atoms with Crippen molar-refractivity contribution in [3.05, 3.63) is 65.0 Å². The first-order valence-electron chi connectivity index (χ1n) is 12.3. The summed E-state index contributed by atoms with van der Waals surface area (Å²) in [4.78, 5) is 27.4. The Balaban J connectivity index is 1.36. The molecule has 3 aromatic rings. The SMILES string of the molecule is COc1cccc(N2CCN(c3nc(C)c4c(n3)C[C@H](c3ccc(OC)cc3OC)CC4=O)CC2)c1. The molecule has 8 nitrogen and oxygen atoms in total. The lowest BCUT2D eigenvalue weighted by Crippen LogP contribution is -2.47. The summed E-state index contributed by atoms with van der Waals surface area (Å²) in [5.74, 6) is 3.11. The minimum Gasteiger partial charge on any atom is -0.497 e. The van der Waals surface area contributed by atoms with Crippen molar-refractivity contribution in [3.8, 4) is 17.2 Å². The largest absolute Gasteiger partial charge is 0.497 e. The molecule has 2 aromatic carbocycles. The van der Waals surface area contributed by atoms with E-state index in [-0.39, 0.29) is 11.7 Å². The van der Waals surface area contributed by atoms with E-state index in [9.17, 15) is 4.79 Å². The van der Waals surface area contributed by atoms with E-state index in [0.717, 1.165) is 66.1 Å². The van der Waals surface area contributed by atoms with Crippen LogP contribution in [0.25, 0.3) is 0 Å². The second kappa shape index (κ2) is 10.0. The molecule has 8 heteroatoms. The third-order valence-electron chi connectivity index (χ3n) is 7.16. The third-order valence-corrected chi connectivity index (χ3v) is 7.16. The number of Topliss-reactive ketones (excluding diaryl/α,β-unsaturated/α-hetero) is 1. The number of hydrogen-bond donors (Lipinski definition) is 0. The van der Waals surface area contributed by atoms with Gasteiger partial charge in [0.25, 0.3) is 0 Å². The van der Waals surface area contributed by atoms with Crippen LogP contribution in [-0.2, 0) is 6.42 Å². The van der Waals surface area contributed by atoms with Gasteiger partial charge in [0.2, 0.25) is 5.95 Å². The molecule has 0 N–H and O–H groups in total. The average molecular weight is 489 g/mol. The highest BCUT2D eigenvalue weighted by Gasteiger charge is 2.32. The zero-order valence-electron chi connectivity index (χ0n) is 21.3. The van der Waals surface area contributed by atoms with Gasteiger partial charge in [-0.1, -0.05) is 12.1 Å². The van der Waals surface area contributed by atoms with E-state index in [2.05, 4.69) is 21.9 Å². The van der Waals surface area contributed by atoms with Crippen LogP contribution in [0.3, 0.4) is 0 Å². The fourth-order valence-corrected chi connectivity index (χ4v) is 5.25. The van der Waals surface area contributed by atoms with E-state index >= 15 is 0 Å². The maximum atomic E-state index is 13.2. The lowest BCUT2D eigenvalue weighted by Gasteiger charge is -2.36. The summed E-state index contributed by atoms with van der Waals surface area (Å²) in [7, 11) is 4.96. The quantitative estimate of drug-likeness (QED) is 0.514. The fraction of sp³-hybridized carbons (Fsp3) is 0.393. The van der Waals surface area contributed by atoms with Gasteiger partial charge in [-0.25, -0.2) is 9.97 Å². The Labute approximate surface area is 211 Å². The van der Waals surface area contributed by atoms with Crippen LogP contribution in [0.1, 0.15) is 39.6 Å². The minimum absolute atomic E-state index is 0.00193. The van der Waals surface area contributed by atoms with Crippen LogP contribution < -0.4 is 24.0 Å². The number of ketones is 1. The summed E-state index contributed by atoms with van der Waals surface area (Å²) in [6.45, 7) is 5.25. The van der Waals surface area contributed by atoms with Crippen LogP contribution in [0.5, 0.6) is 17.2 Å². The molecule has 0 saturated carbocycles. The number of aryl methyl sites for hydroxylation is 1. The fourth-order valence-electron chi connectivity index (χ4n) is 5.25. The molecular formula is C28H32N4O4. The number of ether oxygens (including phenoxy) is 3. The molecule has 1 aliphatic heterocycles. The van der Waals surface area contributed by atoms with Gasteiger partial charge in [0, 0.05) is 56.3 Å². The number of aromatic nitrogens is 2. The van der Waals surface area contributed by atoms with Crippen molar-refractivity contribution in [1.29, 1.82) is 0 Å². The molecule has 0 radical (unpaired) electrons. The highest BCUT2D eigenvalue weighted by atomic mass is 16.5. The summed E-state index contributed by atoms with van der Waals surface area (Å²) in [6, 6.07) is 13.9. The molecule has 0 bridgehead atoms. The van der Waals surface area contributed by atoms with Gasteiger partial charge in [-0.05, 0) is 37.1 Å². The molecule has 0 spiro atoms. The van der Waals surface area contributed by atoms with Gasteiger partial charge in [0.05, 0.1) is 38.3 Å².